The average Bonchev–Trinajstić information content (AvgIpc) is 2.85. The monoisotopic (exact) mass is 357 g/mol. The minimum Gasteiger partial charge on any atom is -0.325 e. The van der Waals surface area contributed by atoms with Crippen LogP contribution >= 0.6 is 11.6 Å². The number of imide groups is 1. The molecule has 3 rings (SSSR count). The molecule has 1 fully saturated rings. The van der Waals surface area contributed by atoms with Gasteiger partial charge in [0.05, 0.1) is 6.67 Å². The molecule has 1 atom stereocenters. The topological polar surface area (TPSA) is 52.6 Å². The summed E-state index contributed by atoms with van der Waals surface area (Å²) < 4.78 is 0. The first-order chi connectivity index (χ1) is 12.0. The molecule has 0 radical (unpaired) electrons. The fraction of sp³-hybridized carbons (Fsp3) is 0.263. The van der Waals surface area contributed by atoms with E-state index in [1.807, 2.05) is 66.5 Å². The van der Waals surface area contributed by atoms with Crippen molar-refractivity contribution in [3.8, 4) is 0 Å². The Morgan fingerprint density at radius 2 is 1.72 bits per heavy atom. The van der Waals surface area contributed by atoms with Crippen LogP contribution in [0.2, 0.25) is 5.02 Å². The molecule has 2 aromatic rings. The lowest BCUT2D eigenvalue weighted by Gasteiger charge is -2.22. The van der Waals surface area contributed by atoms with Gasteiger partial charge in [-0.05, 0) is 30.3 Å². The fourth-order valence-electron chi connectivity index (χ4n) is 2.89. The van der Waals surface area contributed by atoms with Crippen LogP contribution in [0.15, 0.2) is 54.6 Å². The molecular weight excluding hydrogens is 338 g/mol. The minimum atomic E-state index is -0.501. The zero-order valence-electron chi connectivity index (χ0n) is 14.0. The Kier molecular flexibility index (Phi) is 5.36. The summed E-state index contributed by atoms with van der Waals surface area (Å²) in [4.78, 5) is 27.9. The SMILES string of the molecule is CN(Cc1ccc(Cl)cc1)CN1C(=O)N[C@@H](Cc2ccccc2)C1=O. The summed E-state index contributed by atoms with van der Waals surface area (Å²) in [5.41, 5.74) is 2.09. The summed E-state index contributed by atoms with van der Waals surface area (Å²) in [5, 5.41) is 3.46. The number of urea groups is 1. The first-order valence-corrected chi connectivity index (χ1v) is 8.49. The van der Waals surface area contributed by atoms with E-state index < -0.39 is 6.04 Å². The molecule has 0 saturated carbocycles. The van der Waals surface area contributed by atoms with Crippen LogP contribution in [0.25, 0.3) is 0 Å². The molecule has 0 bridgehead atoms. The fourth-order valence-corrected chi connectivity index (χ4v) is 3.02. The quantitative estimate of drug-likeness (QED) is 0.809. The van der Waals surface area contributed by atoms with Crippen molar-refractivity contribution in [1.82, 2.24) is 15.1 Å². The highest BCUT2D eigenvalue weighted by Gasteiger charge is 2.38. The van der Waals surface area contributed by atoms with Gasteiger partial charge in [-0.3, -0.25) is 9.69 Å². The largest absolute Gasteiger partial charge is 0.325 e. The molecule has 1 aliphatic heterocycles. The number of halogens is 1. The van der Waals surface area contributed by atoms with E-state index in [-0.39, 0.29) is 18.6 Å². The van der Waals surface area contributed by atoms with Gasteiger partial charge in [0, 0.05) is 18.0 Å². The maximum Gasteiger partial charge on any atom is 0.325 e. The van der Waals surface area contributed by atoms with Crippen molar-refractivity contribution < 1.29 is 9.59 Å². The molecule has 5 nitrogen and oxygen atoms in total. The van der Waals surface area contributed by atoms with Crippen molar-refractivity contribution in [3.63, 3.8) is 0 Å². The molecule has 1 N–H and O–H groups in total. The second kappa shape index (κ2) is 7.68. The van der Waals surface area contributed by atoms with E-state index >= 15 is 0 Å². The van der Waals surface area contributed by atoms with E-state index in [1.54, 1.807) is 0 Å². The van der Waals surface area contributed by atoms with Gasteiger partial charge in [-0.15, -0.1) is 0 Å². The van der Waals surface area contributed by atoms with Crippen molar-refractivity contribution in [3.05, 3.63) is 70.7 Å². The summed E-state index contributed by atoms with van der Waals surface area (Å²) in [6.07, 6.45) is 0.503. The van der Waals surface area contributed by atoms with Crippen LogP contribution in [0, 0.1) is 0 Å². The van der Waals surface area contributed by atoms with Gasteiger partial charge in [-0.25, -0.2) is 9.69 Å². The van der Waals surface area contributed by atoms with Gasteiger partial charge in [0.1, 0.15) is 6.04 Å². The van der Waals surface area contributed by atoms with Crippen molar-refractivity contribution in [2.24, 2.45) is 0 Å². The predicted octanol–water partition coefficient (Wildman–Crippen LogP) is 2.89. The van der Waals surface area contributed by atoms with Crippen LogP contribution in [-0.4, -0.2) is 41.5 Å². The second-order valence-corrected chi connectivity index (χ2v) is 6.68. The smallest absolute Gasteiger partial charge is 0.325 e. The zero-order chi connectivity index (χ0) is 17.8. The molecule has 25 heavy (non-hydrogen) atoms. The molecule has 130 valence electrons. The lowest BCUT2D eigenvalue weighted by atomic mass is 10.1. The van der Waals surface area contributed by atoms with Crippen molar-refractivity contribution in [1.29, 1.82) is 0 Å². The Bertz CT molecular complexity index is 749. The number of carbonyl (C=O) groups is 2. The van der Waals surface area contributed by atoms with Crippen LogP contribution in [0.4, 0.5) is 4.79 Å². The van der Waals surface area contributed by atoms with Crippen LogP contribution in [-0.2, 0) is 17.8 Å². The van der Waals surface area contributed by atoms with Crippen molar-refractivity contribution in [2.75, 3.05) is 13.7 Å². The van der Waals surface area contributed by atoms with Gasteiger partial charge in [-0.1, -0.05) is 54.1 Å². The number of hydrogen-bond donors (Lipinski definition) is 1. The van der Waals surface area contributed by atoms with E-state index in [2.05, 4.69) is 5.32 Å². The molecule has 0 unspecified atom stereocenters. The third-order valence-corrected chi connectivity index (χ3v) is 4.39. The predicted molar refractivity (Wildman–Crippen MR) is 97.1 cm³/mol. The molecule has 1 aliphatic rings. The van der Waals surface area contributed by atoms with Gasteiger partial charge in [0.2, 0.25) is 0 Å². The summed E-state index contributed by atoms with van der Waals surface area (Å²) in [6.45, 7) is 0.871. The van der Waals surface area contributed by atoms with Gasteiger partial charge in [0.25, 0.3) is 5.91 Å². The van der Waals surface area contributed by atoms with E-state index in [0.29, 0.717) is 18.0 Å². The average molecular weight is 358 g/mol. The summed E-state index contributed by atoms with van der Waals surface area (Å²) >= 11 is 5.89. The third kappa shape index (κ3) is 4.38. The Labute approximate surface area is 152 Å². The molecule has 1 heterocycles. The van der Waals surface area contributed by atoms with Crippen molar-refractivity contribution >= 4 is 23.5 Å². The van der Waals surface area contributed by atoms with Crippen LogP contribution in [0.5, 0.6) is 0 Å². The van der Waals surface area contributed by atoms with Gasteiger partial charge >= 0.3 is 6.03 Å². The summed E-state index contributed by atoms with van der Waals surface area (Å²) in [6, 6.07) is 16.4. The van der Waals surface area contributed by atoms with E-state index in [9.17, 15) is 9.59 Å². The summed E-state index contributed by atoms with van der Waals surface area (Å²) in [5.74, 6) is -0.184. The zero-order valence-corrected chi connectivity index (χ0v) is 14.7. The number of nitrogens with zero attached hydrogens (tertiary/aromatic N) is 2. The summed E-state index contributed by atoms with van der Waals surface area (Å²) in [7, 11) is 1.87. The standard InChI is InChI=1S/C19H20ClN3O2/c1-22(12-15-7-9-16(20)10-8-15)13-23-18(24)17(21-19(23)25)11-14-5-3-2-4-6-14/h2-10,17H,11-13H2,1H3,(H,21,25)/t17-/m0/s1. The lowest BCUT2D eigenvalue weighted by Crippen LogP contribution is -2.40. The molecule has 2 aromatic carbocycles. The van der Waals surface area contributed by atoms with E-state index in [1.165, 1.54) is 4.90 Å². The number of benzene rings is 2. The Balaban J connectivity index is 1.59. The first-order valence-electron chi connectivity index (χ1n) is 8.12. The van der Waals surface area contributed by atoms with Crippen LogP contribution in [0.1, 0.15) is 11.1 Å². The number of nitrogens with one attached hydrogen (secondary N) is 1. The molecular formula is C19H20ClN3O2. The maximum absolute atomic E-state index is 12.6. The highest BCUT2D eigenvalue weighted by Crippen LogP contribution is 2.14. The number of carbonyl (C=O) groups excluding carboxylic acids is 2. The highest BCUT2D eigenvalue weighted by atomic mass is 35.5. The second-order valence-electron chi connectivity index (χ2n) is 6.24. The normalized spacial score (nSPS) is 17.2. The highest BCUT2D eigenvalue weighted by molar-refractivity contribution is 6.30. The lowest BCUT2D eigenvalue weighted by molar-refractivity contribution is -0.128. The molecule has 0 aliphatic carbocycles. The van der Waals surface area contributed by atoms with Crippen LogP contribution in [0.3, 0.4) is 0 Å². The van der Waals surface area contributed by atoms with Crippen LogP contribution < -0.4 is 5.32 Å². The molecule has 0 aromatic heterocycles. The first kappa shape index (κ1) is 17.5. The molecule has 0 spiro atoms. The molecule has 3 amide bonds. The Hall–Kier alpha value is -2.37. The van der Waals surface area contributed by atoms with Gasteiger partial charge in [-0.2, -0.15) is 0 Å². The third-order valence-electron chi connectivity index (χ3n) is 4.14. The molecule has 6 heteroatoms. The number of hydrogen-bond acceptors (Lipinski definition) is 3. The van der Waals surface area contributed by atoms with Crippen molar-refractivity contribution in [2.45, 2.75) is 19.0 Å². The van der Waals surface area contributed by atoms with Gasteiger partial charge < -0.3 is 5.32 Å². The number of rotatable bonds is 6. The van der Waals surface area contributed by atoms with Gasteiger partial charge in [0.15, 0.2) is 0 Å². The molecule has 1 saturated heterocycles. The Morgan fingerprint density at radius 3 is 2.40 bits per heavy atom. The number of amides is 3. The van der Waals surface area contributed by atoms with E-state index in [0.717, 1.165) is 11.1 Å². The minimum absolute atomic E-state index is 0.184. The Morgan fingerprint density at radius 1 is 1.04 bits per heavy atom. The van der Waals surface area contributed by atoms with E-state index in [4.69, 9.17) is 11.6 Å². The maximum atomic E-state index is 12.6.